The van der Waals surface area contributed by atoms with Crippen molar-refractivity contribution in [2.24, 2.45) is 0 Å². The Balaban J connectivity index is 1.47. The van der Waals surface area contributed by atoms with Gasteiger partial charge in [0, 0.05) is 11.1 Å². The third kappa shape index (κ3) is 4.10. The number of aromatic nitrogens is 4. The van der Waals surface area contributed by atoms with Crippen LogP contribution in [0.4, 0.5) is 0 Å². The number of ether oxygens (including phenoxy) is 1. The molecule has 5 aromatic rings. The second-order valence-electron chi connectivity index (χ2n) is 6.93. The molecular weight excluding hydrogens is 431 g/mol. The molecule has 5 rings (SSSR count). The Morgan fingerprint density at radius 3 is 2.35 bits per heavy atom. The third-order valence-corrected chi connectivity index (χ3v) is 5.60. The van der Waals surface area contributed by atoms with E-state index in [-0.39, 0.29) is 0 Å². The Hall–Kier alpha value is -3.41. The lowest BCUT2D eigenvalue weighted by Crippen LogP contribution is -1.99. The average molecular weight is 447 g/mol. The van der Waals surface area contributed by atoms with E-state index in [1.807, 2.05) is 66.7 Å². The number of halogens is 2. The van der Waals surface area contributed by atoms with E-state index in [0.29, 0.717) is 22.4 Å². The van der Waals surface area contributed by atoms with E-state index in [4.69, 9.17) is 27.9 Å². The maximum absolute atomic E-state index is 6.20. The molecular formula is C24H16Cl2N4O. The zero-order valence-corrected chi connectivity index (χ0v) is 17.8. The first kappa shape index (κ1) is 19.5. The topological polar surface area (TPSA) is 52.3 Å². The summed E-state index contributed by atoms with van der Waals surface area (Å²) in [5, 5.41) is 5.30. The van der Waals surface area contributed by atoms with Gasteiger partial charge in [-0.3, -0.25) is 0 Å². The number of fused-ring (bicyclic) bond motifs is 1. The van der Waals surface area contributed by atoms with Gasteiger partial charge in [0.15, 0.2) is 0 Å². The largest absolute Gasteiger partial charge is 0.489 e. The fourth-order valence-electron chi connectivity index (χ4n) is 3.28. The Kier molecular flexibility index (Phi) is 5.28. The molecule has 0 aliphatic rings. The highest BCUT2D eigenvalue weighted by Gasteiger charge is 2.12. The fraction of sp³-hybridized carbons (Fsp3) is 0.0417. The van der Waals surface area contributed by atoms with Crippen molar-refractivity contribution in [3.05, 3.63) is 101 Å². The average Bonchev–Trinajstić information content (AvgIpc) is 3.29. The number of rotatable bonds is 5. The van der Waals surface area contributed by atoms with Gasteiger partial charge in [-0.2, -0.15) is 14.6 Å². The van der Waals surface area contributed by atoms with Crippen molar-refractivity contribution in [2.45, 2.75) is 6.61 Å². The minimum Gasteiger partial charge on any atom is -0.489 e. The van der Waals surface area contributed by atoms with Crippen LogP contribution in [0.15, 0.2) is 85.2 Å². The van der Waals surface area contributed by atoms with Gasteiger partial charge in [-0.15, -0.1) is 0 Å². The summed E-state index contributed by atoms with van der Waals surface area (Å²) in [6, 6.07) is 25.3. The van der Waals surface area contributed by atoms with E-state index in [0.717, 1.165) is 33.8 Å². The van der Waals surface area contributed by atoms with Crippen LogP contribution in [0.25, 0.3) is 28.3 Å². The van der Waals surface area contributed by atoms with Crippen molar-refractivity contribution in [2.75, 3.05) is 0 Å². The van der Waals surface area contributed by atoms with Crippen molar-refractivity contribution >= 4 is 29.0 Å². The molecule has 0 amide bonds. The summed E-state index contributed by atoms with van der Waals surface area (Å²) in [5.41, 5.74) is 4.53. The van der Waals surface area contributed by atoms with Crippen LogP contribution >= 0.6 is 23.2 Å². The minimum absolute atomic E-state index is 0.476. The summed E-state index contributed by atoms with van der Waals surface area (Å²) in [6.07, 6.45) is 1.49. The predicted molar refractivity (Wildman–Crippen MR) is 122 cm³/mol. The Labute approximate surface area is 188 Å². The monoisotopic (exact) mass is 446 g/mol. The Bertz CT molecular complexity index is 1350. The number of hydrogen-bond donors (Lipinski definition) is 0. The first-order valence-electron chi connectivity index (χ1n) is 9.61. The number of hydrogen-bond acceptors (Lipinski definition) is 4. The highest BCUT2D eigenvalue weighted by atomic mass is 35.5. The second-order valence-corrected chi connectivity index (χ2v) is 7.74. The molecule has 0 saturated heterocycles. The van der Waals surface area contributed by atoms with Gasteiger partial charge in [0.2, 0.25) is 0 Å². The molecule has 0 unspecified atom stereocenters. The van der Waals surface area contributed by atoms with Gasteiger partial charge in [-0.1, -0.05) is 59.6 Å². The van der Waals surface area contributed by atoms with Crippen LogP contribution in [0.1, 0.15) is 5.56 Å². The van der Waals surface area contributed by atoms with Gasteiger partial charge >= 0.3 is 0 Å². The molecule has 0 fully saturated rings. The molecule has 0 spiro atoms. The third-order valence-electron chi connectivity index (χ3n) is 4.87. The summed E-state index contributed by atoms with van der Waals surface area (Å²) in [4.78, 5) is 8.87. The lowest BCUT2D eigenvalue weighted by Gasteiger charge is -2.10. The maximum atomic E-state index is 6.20. The SMILES string of the molecule is Clc1ccc(-c2cc(-c3ccc(OCc4ccccc4)cc3)n3ncnc3n2)cc1Cl. The van der Waals surface area contributed by atoms with Crippen LogP contribution in [0.3, 0.4) is 0 Å². The van der Waals surface area contributed by atoms with Gasteiger partial charge in [-0.25, -0.2) is 4.98 Å². The molecule has 31 heavy (non-hydrogen) atoms. The van der Waals surface area contributed by atoms with E-state index >= 15 is 0 Å². The van der Waals surface area contributed by atoms with E-state index in [1.54, 1.807) is 16.6 Å². The zero-order chi connectivity index (χ0) is 21.2. The van der Waals surface area contributed by atoms with Crippen molar-refractivity contribution in [3.8, 4) is 28.3 Å². The van der Waals surface area contributed by atoms with Crippen molar-refractivity contribution in [3.63, 3.8) is 0 Å². The quantitative estimate of drug-likeness (QED) is 0.315. The van der Waals surface area contributed by atoms with E-state index in [1.165, 1.54) is 6.33 Å². The van der Waals surface area contributed by atoms with Crippen LogP contribution in [0, 0.1) is 0 Å². The molecule has 2 heterocycles. The molecule has 0 aliphatic carbocycles. The molecule has 3 aromatic carbocycles. The summed E-state index contributed by atoms with van der Waals surface area (Å²) in [6.45, 7) is 0.518. The molecule has 0 aliphatic heterocycles. The Morgan fingerprint density at radius 2 is 1.58 bits per heavy atom. The summed E-state index contributed by atoms with van der Waals surface area (Å²) in [5.74, 6) is 1.30. The van der Waals surface area contributed by atoms with Gasteiger partial charge in [0.1, 0.15) is 18.7 Å². The van der Waals surface area contributed by atoms with E-state index in [9.17, 15) is 0 Å². The first-order chi connectivity index (χ1) is 15.2. The predicted octanol–water partition coefficient (Wildman–Crippen LogP) is 6.34. The molecule has 5 nitrogen and oxygen atoms in total. The Morgan fingerprint density at radius 1 is 0.806 bits per heavy atom. The van der Waals surface area contributed by atoms with Crippen LogP contribution in [-0.2, 0) is 6.61 Å². The highest BCUT2D eigenvalue weighted by Crippen LogP contribution is 2.31. The van der Waals surface area contributed by atoms with Crippen molar-refractivity contribution in [1.29, 1.82) is 0 Å². The van der Waals surface area contributed by atoms with Crippen LogP contribution in [0.5, 0.6) is 5.75 Å². The molecule has 152 valence electrons. The van der Waals surface area contributed by atoms with Crippen molar-refractivity contribution < 1.29 is 4.74 Å². The fourth-order valence-corrected chi connectivity index (χ4v) is 3.58. The molecule has 0 radical (unpaired) electrons. The molecule has 2 aromatic heterocycles. The van der Waals surface area contributed by atoms with E-state index in [2.05, 4.69) is 15.1 Å². The standard InChI is InChI=1S/C24H16Cl2N4O/c25-20-11-8-18(12-21(20)26)22-13-23(30-24(29-22)27-15-28-30)17-6-9-19(10-7-17)31-14-16-4-2-1-3-5-16/h1-13,15H,14H2. The van der Waals surface area contributed by atoms with Crippen molar-refractivity contribution in [1.82, 2.24) is 19.6 Å². The number of benzene rings is 3. The zero-order valence-electron chi connectivity index (χ0n) is 16.2. The number of nitrogens with zero attached hydrogens (tertiary/aromatic N) is 4. The highest BCUT2D eigenvalue weighted by molar-refractivity contribution is 6.42. The molecule has 0 saturated carbocycles. The van der Waals surface area contributed by atoms with Gasteiger partial charge in [0.05, 0.1) is 21.4 Å². The van der Waals surface area contributed by atoms with Crippen LogP contribution < -0.4 is 4.74 Å². The van der Waals surface area contributed by atoms with Gasteiger partial charge < -0.3 is 4.74 Å². The smallest absolute Gasteiger partial charge is 0.253 e. The van der Waals surface area contributed by atoms with Crippen LogP contribution in [-0.4, -0.2) is 19.6 Å². The molecule has 0 bridgehead atoms. The summed E-state index contributed by atoms with van der Waals surface area (Å²) < 4.78 is 7.61. The second kappa shape index (κ2) is 8.38. The summed E-state index contributed by atoms with van der Waals surface area (Å²) >= 11 is 12.3. The lowest BCUT2D eigenvalue weighted by atomic mass is 10.1. The molecule has 0 atom stereocenters. The van der Waals surface area contributed by atoms with Crippen LogP contribution in [0.2, 0.25) is 10.0 Å². The van der Waals surface area contributed by atoms with E-state index < -0.39 is 0 Å². The summed E-state index contributed by atoms with van der Waals surface area (Å²) in [7, 11) is 0. The van der Waals surface area contributed by atoms with Gasteiger partial charge in [0.25, 0.3) is 5.78 Å². The maximum Gasteiger partial charge on any atom is 0.253 e. The lowest BCUT2D eigenvalue weighted by molar-refractivity contribution is 0.306. The molecule has 7 heteroatoms. The molecule has 0 N–H and O–H groups in total. The minimum atomic E-state index is 0.476. The first-order valence-corrected chi connectivity index (χ1v) is 10.4. The van der Waals surface area contributed by atoms with Gasteiger partial charge in [-0.05, 0) is 48.0 Å². The normalized spacial score (nSPS) is 11.0.